The van der Waals surface area contributed by atoms with Crippen molar-refractivity contribution in [3.63, 3.8) is 0 Å². The summed E-state index contributed by atoms with van der Waals surface area (Å²) in [5.74, 6) is -4.73. The molecule has 0 saturated heterocycles. The van der Waals surface area contributed by atoms with Crippen molar-refractivity contribution in [2.45, 2.75) is 19.4 Å². The van der Waals surface area contributed by atoms with E-state index in [2.05, 4.69) is 14.2 Å². The molecule has 2 atom stereocenters. The van der Waals surface area contributed by atoms with Gasteiger partial charge in [0.15, 0.2) is 0 Å². The number of methoxy groups -OCH3 is 3. The minimum atomic E-state index is -1.56. The number of ether oxygens (including phenoxy) is 4. The summed E-state index contributed by atoms with van der Waals surface area (Å²) < 4.78 is 18.0. The van der Waals surface area contributed by atoms with Crippen molar-refractivity contribution in [3.8, 4) is 0 Å². The molecule has 0 aliphatic rings. The molecule has 0 heterocycles. The van der Waals surface area contributed by atoms with Crippen molar-refractivity contribution in [2.75, 3.05) is 21.3 Å². The fraction of sp³-hybridized carbons (Fsp3) is 0.636. The second kappa shape index (κ2) is 8.06. The third kappa shape index (κ3) is 5.36. The number of rotatable bonds is 6. The van der Waals surface area contributed by atoms with Crippen LogP contribution in [-0.4, -0.2) is 51.3 Å². The summed E-state index contributed by atoms with van der Waals surface area (Å²) in [6.45, 7) is 1.06. The van der Waals surface area contributed by atoms with E-state index < -0.39 is 42.3 Å². The molecule has 0 aromatic rings. The highest BCUT2D eigenvalue weighted by atomic mass is 16.6. The molecule has 0 aromatic heterocycles. The number of hydrogen-bond acceptors (Lipinski definition) is 8. The predicted molar refractivity (Wildman–Crippen MR) is 59.7 cm³/mol. The fourth-order valence-electron chi connectivity index (χ4n) is 1.32. The van der Waals surface area contributed by atoms with Gasteiger partial charge >= 0.3 is 23.9 Å². The van der Waals surface area contributed by atoms with Gasteiger partial charge in [-0.25, -0.2) is 4.79 Å². The van der Waals surface area contributed by atoms with Crippen LogP contribution in [0.2, 0.25) is 0 Å². The Bertz CT molecular complexity index is 362. The smallest absolute Gasteiger partial charge is 0.348 e. The van der Waals surface area contributed by atoms with Crippen LogP contribution in [0.3, 0.4) is 0 Å². The Morgan fingerprint density at radius 3 is 1.79 bits per heavy atom. The molecule has 0 fully saturated rings. The molecule has 8 nitrogen and oxygen atoms in total. The molecule has 0 N–H and O–H groups in total. The van der Waals surface area contributed by atoms with Crippen LogP contribution in [-0.2, 0) is 38.1 Å². The first-order valence-corrected chi connectivity index (χ1v) is 5.27. The summed E-state index contributed by atoms with van der Waals surface area (Å²) in [5.41, 5.74) is 0. The number of esters is 4. The monoisotopic (exact) mass is 276 g/mol. The molecule has 0 aromatic carbocycles. The van der Waals surface area contributed by atoms with Crippen LogP contribution in [0, 0.1) is 5.92 Å². The van der Waals surface area contributed by atoms with Crippen LogP contribution < -0.4 is 0 Å². The van der Waals surface area contributed by atoms with Crippen LogP contribution in [0.5, 0.6) is 0 Å². The summed E-state index contributed by atoms with van der Waals surface area (Å²) in [6, 6.07) is 0. The fourth-order valence-corrected chi connectivity index (χ4v) is 1.32. The summed E-state index contributed by atoms with van der Waals surface area (Å²) in [6.07, 6.45) is -2.04. The molecule has 0 amide bonds. The normalized spacial score (nSPS) is 12.8. The van der Waals surface area contributed by atoms with E-state index in [1.165, 1.54) is 0 Å². The average molecular weight is 276 g/mol. The Morgan fingerprint density at radius 1 is 0.895 bits per heavy atom. The van der Waals surface area contributed by atoms with E-state index in [0.29, 0.717) is 0 Å². The lowest BCUT2D eigenvalue weighted by atomic mass is 9.98. The van der Waals surface area contributed by atoms with Gasteiger partial charge in [0.05, 0.1) is 27.8 Å². The van der Waals surface area contributed by atoms with Crippen molar-refractivity contribution < 1.29 is 38.1 Å². The number of carbonyl (C=O) groups excluding carboxylic acids is 4. The zero-order chi connectivity index (χ0) is 15.0. The molecule has 8 heteroatoms. The highest BCUT2D eigenvalue weighted by molar-refractivity contribution is 5.88. The standard InChI is InChI=1S/C11H16O8/c1-6(12)19-9(11(15)18-4)7(10(14)17-3)5-8(13)16-2/h7,9H,5H2,1-4H3/t7-,9+/m0/s1. The highest BCUT2D eigenvalue weighted by Gasteiger charge is 2.40. The highest BCUT2D eigenvalue weighted by Crippen LogP contribution is 2.17. The Labute approximate surface area is 109 Å². The van der Waals surface area contributed by atoms with E-state index in [0.717, 1.165) is 28.3 Å². The first-order chi connectivity index (χ1) is 8.87. The maximum absolute atomic E-state index is 11.6. The average Bonchev–Trinajstić information content (AvgIpc) is 2.40. The van der Waals surface area contributed by atoms with Crippen molar-refractivity contribution in [3.05, 3.63) is 0 Å². The van der Waals surface area contributed by atoms with Gasteiger partial charge in [-0.15, -0.1) is 0 Å². The minimum Gasteiger partial charge on any atom is -0.469 e. The van der Waals surface area contributed by atoms with Crippen LogP contribution in [0.15, 0.2) is 0 Å². The Balaban J connectivity index is 5.21. The minimum absolute atomic E-state index is 0.476. The molecular formula is C11H16O8. The summed E-state index contributed by atoms with van der Waals surface area (Å²) >= 11 is 0. The van der Waals surface area contributed by atoms with Crippen molar-refractivity contribution in [1.29, 1.82) is 0 Å². The quantitative estimate of drug-likeness (QED) is 0.469. The zero-order valence-electron chi connectivity index (χ0n) is 11.1. The third-order valence-electron chi connectivity index (χ3n) is 2.21. The SMILES string of the molecule is COC(=O)C[C@H](C(=O)OC)[C@@H](OC(C)=O)C(=O)OC. The molecule has 0 spiro atoms. The molecule has 19 heavy (non-hydrogen) atoms. The van der Waals surface area contributed by atoms with Crippen molar-refractivity contribution >= 4 is 23.9 Å². The van der Waals surface area contributed by atoms with E-state index in [1.54, 1.807) is 0 Å². The maximum Gasteiger partial charge on any atom is 0.348 e. The van der Waals surface area contributed by atoms with Crippen molar-refractivity contribution in [1.82, 2.24) is 0 Å². The molecule has 0 aliphatic heterocycles. The van der Waals surface area contributed by atoms with Gasteiger partial charge in [-0.05, 0) is 0 Å². The molecule has 0 bridgehead atoms. The van der Waals surface area contributed by atoms with Crippen LogP contribution in [0.4, 0.5) is 0 Å². The van der Waals surface area contributed by atoms with Gasteiger partial charge in [-0.1, -0.05) is 0 Å². The molecule has 0 radical (unpaired) electrons. The molecule has 0 aliphatic carbocycles. The molecule has 0 rings (SSSR count). The lowest BCUT2D eigenvalue weighted by molar-refractivity contribution is -0.176. The molecule has 0 saturated carbocycles. The van der Waals surface area contributed by atoms with Gasteiger partial charge in [0, 0.05) is 6.92 Å². The predicted octanol–water partition coefficient (Wildman–Crippen LogP) is -0.557. The van der Waals surface area contributed by atoms with Crippen LogP contribution >= 0.6 is 0 Å². The van der Waals surface area contributed by atoms with E-state index in [9.17, 15) is 19.2 Å². The van der Waals surface area contributed by atoms with E-state index in [1.807, 2.05) is 0 Å². The van der Waals surface area contributed by atoms with Crippen LogP contribution in [0.25, 0.3) is 0 Å². The lowest BCUT2D eigenvalue weighted by Gasteiger charge is -2.21. The molecule has 108 valence electrons. The Morgan fingerprint density at radius 2 is 1.42 bits per heavy atom. The molecular weight excluding hydrogens is 260 g/mol. The number of carbonyl (C=O) groups is 4. The van der Waals surface area contributed by atoms with Gasteiger partial charge in [0.1, 0.15) is 5.92 Å². The van der Waals surface area contributed by atoms with E-state index in [-0.39, 0.29) is 0 Å². The van der Waals surface area contributed by atoms with E-state index in [4.69, 9.17) is 4.74 Å². The largest absolute Gasteiger partial charge is 0.469 e. The second-order valence-corrected chi connectivity index (χ2v) is 3.46. The lowest BCUT2D eigenvalue weighted by Crippen LogP contribution is -2.41. The Kier molecular flexibility index (Phi) is 7.16. The zero-order valence-corrected chi connectivity index (χ0v) is 11.1. The third-order valence-corrected chi connectivity index (χ3v) is 2.21. The first kappa shape index (κ1) is 16.9. The number of hydrogen-bond donors (Lipinski definition) is 0. The van der Waals surface area contributed by atoms with E-state index >= 15 is 0 Å². The van der Waals surface area contributed by atoms with Gasteiger partial charge in [-0.3, -0.25) is 14.4 Å². The van der Waals surface area contributed by atoms with Gasteiger partial charge in [0.2, 0.25) is 6.10 Å². The molecule has 0 unspecified atom stereocenters. The summed E-state index contributed by atoms with van der Waals surface area (Å²) in [5, 5.41) is 0. The topological polar surface area (TPSA) is 105 Å². The maximum atomic E-state index is 11.6. The summed E-state index contributed by atoms with van der Waals surface area (Å²) in [4.78, 5) is 45.3. The first-order valence-electron chi connectivity index (χ1n) is 5.27. The second-order valence-electron chi connectivity index (χ2n) is 3.46. The van der Waals surface area contributed by atoms with Crippen molar-refractivity contribution in [2.24, 2.45) is 5.92 Å². The summed E-state index contributed by atoms with van der Waals surface area (Å²) in [7, 11) is 3.26. The van der Waals surface area contributed by atoms with Gasteiger partial charge in [-0.2, -0.15) is 0 Å². The Hall–Kier alpha value is -2.12. The van der Waals surface area contributed by atoms with Crippen LogP contribution in [0.1, 0.15) is 13.3 Å². The van der Waals surface area contributed by atoms with Gasteiger partial charge in [0.25, 0.3) is 0 Å². The van der Waals surface area contributed by atoms with Gasteiger partial charge < -0.3 is 18.9 Å².